The van der Waals surface area contributed by atoms with E-state index in [-0.39, 0.29) is 107 Å². The molecule has 7 aromatic rings. The molecule has 14 N–H and O–H groups in total. The monoisotopic (exact) mass is 1600 g/mol. The molecule has 0 bridgehead atoms. The van der Waals surface area contributed by atoms with Crippen molar-refractivity contribution >= 4 is 93.0 Å². The Kier molecular flexibility index (Phi) is 32.4. The molecule has 0 spiro atoms. The van der Waals surface area contributed by atoms with E-state index in [0.717, 1.165) is 31.8 Å². The second kappa shape index (κ2) is 42.4. The summed E-state index contributed by atoms with van der Waals surface area (Å²) in [6.07, 6.45) is 2.57. The number of aromatic nitrogens is 11. The number of hydrogen-bond acceptors (Lipinski definition) is 25. The summed E-state index contributed by atoms with van der Waals surface area (Å²) in [5, 5.41) is 34.4. The number of unbranched alkanes of at least 4 members (excludes halogenated alkanes) is 1. The number of nitrogens with zero attached hydrogens (tertiary/aromatic N) is 13. The maximum absolute atomic E-state index is 14.5. The number of amides is 10. The second-order valence-electron chi connectivity index (χ2n) is 28.6. The van der Waals surface area contributed by atoms with Gasteiger partial charge in [0.1, 0.15) is 63.9 Å². The highest BCUT2D eigenvalue weighted by molar-refractivity contribution is 6.06. The van der Waals surface area contributed by atoms with E-state index >= 15 is 0 Å². The summed E-state index contributed by atoms with van der Waals surface area (Å²) < 4.78 is 42.8. The van der Waals surface area contributed by atoms with E-state index in [0.29, 0.717) is 141 Å². The summed E-state index contributed by atoms with van der Waals surface area (Å²) in [7, 11) is 1.46. The number of carbonyl (C=O) groups excluding carboxylic acids is 10. The summed E-state index contributed by atoms with van der Waals surface area (Å²) in [4.78, 5) is 152. The van der Waals surface area contributed by atoms with E-state index in [4.69, 9.17) is 61.5 Å². The van der Waals surface area contributed by atoms with Crippen LogP contribution in [0.4, 0.5) is 11.9 Å². The Morgan fingerprint density at radius 3 is 1.60 bits per heavy atom. The summed E-state index contributed by atoms with van der Waals surface area (Å²) in [5.74, 6) is 0.838. The highest BCUT2D eigenvalue weighted by Crippen LogP contribution is 2.35. The fourth-order valence-electron chi connectivity index (χ4n) is 13.7. The van der Waals surface area contributed by atoms with Gasteiger partial charge >= 0.3 is 0 Å². The first-order chi connectivity index (χ1) is 55.2. The first-order valence-electron chi connectivity index (χ1n) is 38.8. The highest BCUT2D eigenvalue weighted by Gasteiger charge is 2.36. The predicted octanol–water partition coefficient (Wildman–Crippen LogP) is 1.46. The van der Waals surface area contributed by atoms with Crippen LogP contribution in [0.5, 0.6) is 11.5 Å². The van der Waals surface area contributed by atoms with Gasteiger partial charge in [0.05, 0.1) is 109 Å². The third-order valence-electron chi connectivity index (χ3n) is 19.5. The van der Waals surface area contributed by atoms with Gasteiger partial charge in [-0.25, -0.2) is 15.9 Å². The lowest BCUT2D eigenvalue weighted by atomic mass is 9.95. The molecule has 4 atom stereocenters. The average molecular weight is 1600 g/mol. The summed E-state index contributed by atoms with van der Waals surface area (Å²) >= 11 is 0. The van der Waals surface area contributed by atoms with Crippen LogP contribution in [0.15, 0.2) is 36.4 Å². The van der Waals surface area contributed by atoms with Crippen LogP contribution in [0.25, 0.3) is 22.1 Å². The Morgan fingerprint density at radius 1 is 0.565 bits per heavy atom. The molecule has 10 amide bonds. The maximum Gasteiger partial charge on any atom is 0.276 e. The number of aryl methyl sites for hydroxylation is 6. The summed E-state index contributed by atoms with van der Waals surface area (Å²) in [6, 6.07) is 4.68. The van der Waals surface area contributed by atoms with Gasteiger partial charge in [-0.2, -0.15) is 10.2 Å². The summed E-state index contributed by atoms with van der Waals surface area (Å²) in [5.41, 5.74) is 21.2. The van der Waals surface area contributed by atoms with Crippen LogP contribution in [-0.2, 0) is 91.8 Å². The number of rotatable bonds is 47. The fourth-order valence-corrected chi connectivity index (χ4v) is 13.7. The van der Waals surface area contributed by atoms with Crippen LogP contribution in [0.3, 0.4) is 0 Å². The van der Waals surface area contributed by atoms with Crippen LogP contribution < -0.4 is 64.5 Å². The van der Waals surface area contributed by atoms with E-state index < -0.39 is 89.7 Å². The zero-order chi connectivity index (χ0) is 83.0. The normalized spacial score (nSPS) is 14.3. The number of hydrogen-bond donors (Lipinski definition) is 10. The van der Waals surface area contributed by atoms with Crippen molar-refractivity contribution in [2.45, 2.75) is 176 Å². The molecular weight excluding hydrogens is 1490 g/mol. The molecule has 2 aromatic carbocycles. The Bertz CT molecular complexity index is 4560. The molecule has 115 heavy (non-hydrogen) atoms. The lowest BCUT2D eigenvalue weighted by Crippen LogP contribution is -2.58. The average Bonchev–Trinajstić information content (AvgIpc) is 1.65. The maximum atomic E-state index is 14.5. The van der Waals surface area contributed by atoms with Crippen LogP contribution in [0, 0.1) is 19.8 Å². The largest absolute Gasteiger partial charge is 0.494 e. The Labute approximate surface area is 664 Å². The van der Waals surface area contributed by atoms with Crippen molar-refractivity contribution in [2.24, 2.45) is 29.0 Å². The molecule has 40 heteroatoms. The standard InChI is InChI=1S/C75H109N23O17/c1-10-97-56(36-45(5)90-97)71(106)86-74-84-52-38-50(65(77)101)40-58(109-9)63(52)95(74)19-12-13-20-96-64-53(85-75(96)87-72(107)57-37-46(6)91-98(57)11-2)39-51(66(78)102)41-59(64)114-25-14-18-92-21-15-49(16-22-92)67-89-88-61-43-93(23-24-94(61)67)73(108)55(35-44(3)4)83-70(105)54(42-60(76)99)82-69(104)48(8)81-68(103)47(7)80-62(100)17-26-110-27-28-111-29-30-112-31-32-113-33-34-115-79/h36-41,44,47-49,54-55H,10-35,42-43,79H2,1-9H3,(H2,76,99)(H2,77,101)(H2,78,102)(H,80,100)(H,81,103)(H,82,104)(H,83,105)(H,84,86,106)(H,85,87,107)/t47-,48-,54-,55-/m0/s1. The number of primary amides is 3. The van der Waals surface area contributed by atoms with Gasteiger partial charge in [-0.05, 0) is 135 Å². The molecule has 0 aliphatic carbocycles. The zero-order valence-electron chi connectivity index (χ0n) is 66.8. The number of likely N-dealkylation sites (tertiary alicyclic amines) is 1. The molecule has 5 aromatic heterocycles. The molecule has 1 saturated heterocycles. The number of piperidine rings is 1. The van der Waals surface area contributed by atoms with E-state index in [1.54, 1.807) is 58.4 Å². The second-order valence-corrected chi connectivity index (χ2v) is 28.6. The van der Waals surface area contributed by atoms with Crippen molar-refractivity contribution in [3.05, 3.63) is 81.9 Å². The Balaban J connectivity index is 0.779. The molecule has 0 saturated carbocycles. The van der Waals surface area contributed by atoms with Gasteiger partial charge in [0, 0.05) is 69.3 Å². The van der Waals surface area contributed by atoms with Crippen molar-refractivity contribution in [3.8, 4) is 11.5 Å². The minimum Gasteiger partial charge on any atom is -0.494 e. The van der Waals surface area contributed by atoms with Gasteiger partial charge in [-0.15, -0.1) is 10.2 Å². The molecule has 9 rings (SSSR count). The van der Waals surface area contributed by atoms with Crippen molar-refractivity contribution in [1.29, 1.82) is 0 Å². The molecule has 626 valence electrons. The number of methoxy groups -OCH3 is 1. The van der Waals surface area contributed by atoms with E-state index in [1.165, 1.54) is 27.0 Å². The van der Waals surface area contributed by atoms with Gasteiger partial charge in [0.25, 0.3) is 11.8 Å². The van der Waals surface area contributed by atoms with Crippen molar-refractivity contribution in [1.82, 2.24) is 84.5 Å². The molecule has 2 aliphatic heterocycles. The van der Waals surface area contributed by atoms with Gasteiger partial charge in [0.15, 0.2) is 5.82 Å². The number of imidazole rings is 2. The lowest BCUT2D eigenvalue weighted by Gasteiger charge is -2.34. The van der Waals surface area contributed by atoms with Crippen LogP contribution in [0.1, 0.15) is 164 Å². The molecule has 7 heterocycles. The van der Waals surface area contributed by atoms with Crippen molar-refractivity contribution < 1.29 is 81.2 Å². The van der Waals surface area contributed by atoms with Gasteiger partial charge < -0.3 is 95.2 Å². The first kappa shape index (κ1) is 87.9. The van der Waals surface area contributed by atoms with E-state index in [9.17, 15) is 47.9 Å². The minimum absolute atomic E-state index is 0.0564. The van der Waals surface area contributed by atoms with Crippen molar-refractivity contribution in [3.63, 3.8) is 0 Å². The number of nitrogens with two attached hydrogens (primary N) is 4. The minimum atomic E-state index is -1.51. The Hall–Kier alpha value is -11.0. The number of ether oxygens (including phenoxy) is 6. The Morgan fingerprint density at radius 2 is 1.08 bits per heavy atom. The number of anilines is 2. The topological polar surface area (TPSA) is 520 Å². The number of nitrogens with one attached hydrogen (secondary N) is 6. The van der Waals surface area contributed by atoms with Crippen molar-refractivity contribution in [2.75, 3.05) is 110 Å². The quantitative estimate of drug-likeness (QED) is 0.0191. The van der Waals surface area contributed by atoms with E-state index in [2.05, 4.69) is 66.6 Å². The smallest absolute Gasteiger partial charge is 0.276 e. The van der Waals surface area contributed by atoms with Gasteiger partial charge in [0.2, 0.25) is 59.2 Å². The van der Waals surface area contributed by atoms with Gasteiger partial charge in [-0.1, -0.05) is 13.8 Å². The predicted molar refractivity (Wildman–Crippen MR) is 418 cm³/mol. The van der Waals surface area contributed by atoms with Crippen LogP contribution >= 0.6 is 0 Å². The number of carbonyl (C=O) groups is 10. The lowest BCUT2D eigenvalue weighted by molar-refractivity contribution is -0.139. The number of fused-ring (bicyclic) bond motifs is 3. The molecule has 2 aliphatic rings. The van der Waals surface area contributed by atoms with Crippen LogP contribution in [-0.4, -0.2) is 246 Å². The zero-order valence-corrected chi connectivity index (χ0v) is 66.8. The summed E-state index contributed by atoms with van der Waals surface area (Å²) in [6.45, 7) is 21.2. The van der Waals surface area contributed by atoms with E-state index in [1.807, 2.05) is 36.8 Å². The molecular formula is C75H109N23O17. The molecule has 0 radical (unpaired) electrons. The third kappa shape index (κ3) is 24.0. The highest BCUT2D eigenvalue weighted by atomic mass is 16.6. The molecule has 1 fully saturated rings. The SMILES string of the molecule is CCn1nc(C)cc1C(=O)Nc1nc2cc(C(N)=O)cc(OC)c2n1CCCCn1c(NC(=O)c2cc(C)nn2CC)nc2cc(C(N)=O)cc(OCCCN3CCC(c4nnc5n4CCN(C(=O)[C@H](CC(C)C)NC(=O)[C@H](CC(N)=O)NC(=O)[C@H](C)NC(=O)[C@H](C)NC(=O)CCOCCOCCOCCOCCON)C5)CC3)c21. The fraction of sp³-hybridized carbons (Fsp3) is 0.573. The third-order valence-corrected chi connectivity index (χ3v) is 19.5. The van der Waals surface area contributed by atoms with Crippen LogP contribution in [0.2, 0.25) is 0 Å². The number of benzene rings is 2. The molecule has 40 nitrogen and oxygen atoms in total. The first-order valence-corrected chi connectivity index (χ1v) is 38.8. The van der Waals surface area contributed by atoms with Gasteiger partial charge in [-0.3, -0.25) is 67.9 Å². The molecule has 0 unspecified atom stereocenters.